The zero-order valence-corrected chi connectivity index (χ0v) is 19.4. The minimum absolute atomic E-state index is 0.0194. The first kappa shape index (κ1) is 25.5. The Morgan fingerprint density at radius 1 is 1.09 bits per heavy atom. The molecule has 1 N–H and O–H groups in total. The van der Waals surface area contributed by atoms with Crippen LogP contribution in [0, 0.1) is 10.1 Å². The molecule has 0 saturated heterocycles. The maximum atomic E-state index is 13.3. The van der Waals surface area contributed by atoms with Gasteiger partial charge in [-0.2, -0.15) is 0 Å². The van der Waals surface area contributed by atoms with Gasteiger partial charge < -0.3 is 14.2 Å². The van der Waals surface area contributed by atoms with Crippen LogP contribution in [-0.2, 0) is 27.4 Å². The molecule has 1 aromatic heterocycles. The Balaban J connectivity index is 1.90. The van der Waals surface area contributed by atoms with E-state index in [2.05, 4.69) is 10.3 Å². The van der Waals surface area contributed by atoms with Gasteiger partial charge in [0.1, 0.15) is 18.1 Å². The number of rotatable bonds is 11. The van der Waals surface area contributed by atoms with Gasteiger partial charge in [0.25, 0.3) is 11.2 Å². The van der Waals surface area contributed by atoms with E-state index >= 15 is 0 Å². The van der Waals surface area contributed by atoms with Crippen molar-refractivity contribution in [1.82, 2.24) is 9.55 Å². The fraction of sp³-hybridized carbons (Fsp3) is 0.292. The Bertz CT molecular complexity index is 1190. The Hall–Kier alpha value is -4.09. The van der Waals surface area contributed by atoms with Crippen LogP contribution >= 0.6 is 0 Å². The van der Waals surface area contributed by atoms with E-state index in [0.717, 1.165) is 5.56 Å². The predicted octanol–water partition coefficient (Wildman–Crippen LogP) is 3.97. The van der Waals surface area contributed by atoms with Crippen molar-refractivity contribution in [3.63, 3.8) is 0 Å². The van der Waals surface area contributed by atoms with Gasteiger partial charge >= 0.3 is 6.09 Å². The van der Waals surface area contributed by atoms with Gasteiger partial charge in [-0.25, -0.2) is 9.78 Å². The molecule has 184 valence electrons. The summed E-state index contributed by atoms with van der Waals surface area (Å²) in [4.78, 5) is 40.5. The van der Waals surface area contributed by atoms with E-state index in [0.29, 0.717) is 18.8 Å². The summed E-state index contributed by atoms with van der Waals surface area (Å²) in [7, 11) is 0. The molecule has 0 aliphatic carbocycles. The van der Waals surface area contributed by atoms with Crippen LogP contribution in [0.1, 0.15) is 19.4 Å². The van der Waals surface area contributed by atoms with E-state index in [1.54, 1.807) is 13.8 Å². The first-order valence-electron chi connectivity index (χ1n) is 11.0. The first-order chi connectivity index (χ1) is 16.9. The van der Waals surface area contributed by atoms with Crippen molar-refractivity contribution in [2.45, 2.75) is 33.3 Å². The van der Waals surface area contributed by atoms with Gasteiger partial charge in [0.05, 0.1) is 17.7 Å². The summed E-state index contributed by atoms with van der Waals surface area (Å²) in [6.45, 7) is 4.31. The molecule has 0 saturated carbocycles. The molecule has 1 amide bonds. The number of non-ortho nitro benzene ring substituents is 1. The average molecular weight is 482 g/mol. The normalized spacial score (nSPS) is 10.8. The second-order valence-electron chi connectivity index (χ2n) is 7.24. The lowest BCUT2D eigenvalue weighted by atomic mass is 10.2. The van der Waals surface area contributed by atoms with E-state index in [1.165, 1.54) is 35.0 Å². The molecule has 11 nitrogen and oxygen atoms in total. The highest BCUT2D eigenvalue weighted by Crippen LogP contribution is 2.21. The van der Waals surface area contributed by atoms with Crippen molar-refractivity contribution in [1.29, 1.82) is 0 Å². The van der Waals surface area contributed by atoms with Crippen LogP contribution in [0.15, 0.2) is 65.6 Å². The van der Waals surface area contributed by atoms with Crippen molar-refractivity contribution in [3.05, 3.63) is 86.8 Å². The van der Waals surface area contributed by atoms with Crippen LogP contribution in [0.2, 0.25) is 0 Å². The maximum absolute atomic E-state index is 13.3. The number of nitrogens with zero attached hydrogens (tertiary/aromatic N) is 3. The third-order valence-corrected chi connectivity index (χ3v) is 4.87. The molecule has 0 atom stereocenters. The molecule has 0 radical (unpaired) electrons. The van der Waals surface area contributed by atoms with Crippen molar-refractivity contribution in [3.8, 4) is 11.4 Å². The number of nitrogens with one attached hydrogen (secondary N) is 1. The smallest absolute Gasteiger partial charge is 0.412 e. The zero-order chi connectivity index (χ0) is 25.2. The highest BCUT2D eigenvalue weighted by molar-refractivity contribution is 5.84. The summed E-state index contributed by atoms with van der Waals surface area (Å²) in [5, 5.41) is 13.4. The summed E-state index contributed by atoms with van der Waals surface area (Å²) < 4.78 is 17.7. The Morgan fingerprint density at radius 2 is 1.74 bits per heavy atom. The molecule has 1 heterocycles. The minimum Gasteiger partial charge on any atom is -0.444 e. The van der Waals surface area contributed by atoms with Gasteiger partial charge in [-0.3, -0.25) is 24.8 Å². The van der Waals surface area contributed by atoms with Crippen molar-refractivity contribution in [2.75, 3.05) is 18.5 Å². The number of hydrogen-bond acceptors (Lipinski definition) is 8. The van der Waals surface area contributed by atoms with Gasteiger partial charge in [-0.1, -0.05) is 30.3 Å². The highest BCUT2D eigenvalue weighted by atomic mass is 16.7. The number of hydrogen-bond donors (Lipinski definition) is 1. The molecule has 0 aliphatic rings. The molecule has 0 fully saturated rings. The molecule has 0 bridgehead atoms. The van der Waals surface area contributed by atoms with Crippen LogP contribution in [0.4, 0.5) is 16.2 Å². The second kappa shape index (κ2) is 12.4. The van der Waals surface area contributed by atoms with E-state index in [-0.39, 0.29) is 30.4 Å². The number of nitro benzene ring substituents is 1. The lowest BCUT2D eigenvalue weighted by Crippen LogP contribution is -2.34. The largest absolute Gasteiger partial charge is 0.444 e. The van der Waals surface area contributed by atoms with Crippen LogP contribution in [0.3, 0.4) is 0 Å². The van der Waals surface area contributed by atoms with Gasteiger partial charge in [-0.05, 0) is 31.5 Å². The fourth-order valence-corrected chi connectivity index (χ4v) is 3.25. The molecule has 0 aliphatic heterocycles. The number of aromatic nitrogens is 2. The van der Waals surface area contributed by atoms with E-state index < -0.39 is 22.9 Å². The quantitative estimate of drug-likeness (QED) is 0.246. The van der Waals surface area contributed by atoms with Crippen LogP contribution in [0.5, 0.6) is 0 Å². The highest BCUT2D eigenvalue weighted by Gasteiger charge is 2.19. The molecule has 35 heavy (non-hydrogen) atoms. The van der Waals surface area contributed by atoms with Gasteiger partial charge in [0.15, 0.2) is 6.29 Å². The van der Waals surface area contributed by atoms with Gasteiger partial charge in [0, 0.05) is 30.9 Å². The average Bonchev–Trinajstić information content (AvgIpc) is 2.86. The predicted molar refractivity (Wildman–Crippen MR) is 128 cm³/mol. The Labute approximate surface area is 201 Å². The van der Waals surface area contributed by atoms with Crippen molar-refractivity contribution < 1.29 is 23.9 Å². The Morgan fingerprint density at radius 3 is 2.34 bits per heavy atom. The number of anilines is 1. The summed E-state index contributed by atoms with van der Waals surface area (Å²) in [6, 6.07) is 14.7. The van der Waals surface area contributed by atoms with Crippen LogP contribution in [0.25, 0.3) is 11.4 Å². The second-order valence-corrected chi connectivity index (χ2v) is 7.24. The molecule has 0 unspecified atom stereocenters. The molecule has 2 aromatic carbocycles. The lowest BCUT2D eigenvalue weighted by Gasteiger charge is -2.20. The summed E-state index contributed by atoms with van der Waals surface area (Å²) in [5.74, 6) is 0.234. The lowest BCUT2D eigenvalue weighted by molar-refractivity contribution is -0.384. The number of ether oxygens (including phenoxy) is 3. The van der Waals surface area contributed by atoms with Crippen LogP contribution < -0.4 is 10.9 Å². The zero-order valence-electron chi connectivity index (χ0n) is 19.4. The number of carbonyl (C=O) groups is 1. The molecule has 11 heteroatoms. The molecular formula is C24H26N4O7. The number of carbonyl (C=O) groups excluding carboxylic acids is 1. The third kappa shape index (κ3) is 6.95. The SMILES string of the molecule is CCOC(Cn1c(-c2ccc([N+](=O)[O-])cc2)ncc(NC(=O)OCc2ccccc2)c1=O)OCC. The van der Waals surface area contributed by atoms with Crippen molar-refractivity contribution >= 4 is 17.5 Å². The fourth-order valence-electron chi connectivity index (χ4n) is 3.25. The van der Waals surface area contributed by atoms with Gasteiger partial charge in [0.2, 0.25) is 0 Å². The van der Waals surface area contributed by atoms with E-state index in [1.807, 2.05) is 30.3 Å². The monoisotopic (exact) mass is 482 g/mol. The van der Waals surface area contributed by atoms with Gasteiger partial charge in [-0.15, -0.1) is 0 Å². The summed E-state index contributed by atoms with van der Waals surface area (Å²) in [5.41, 5.74) is 0.513. The van der Waals surface area contributed by atoms with Crippen molar-refractivity contribution in [2.24, 2.45) is 0 Å². The Kier molecular flexibility index (Phi) is 9.04. The summed E-state index contributed by atoms with van der Waals surface area (Å²) >= 11 is 0. The first-order valence-corrected chi connectivity index (χ1v) is 11.0. The molecular weight excluding hydrogens is 456 g/mol. The molecule has 3 rings (SSSR count). The number of nitro groups is 1. The third-order valence-electron chi connectivity index (χ3n) is 4.87. The van der Waals surface area contributed by atoms with E-state index in [9.17, 15) is 19.7 Å². The minimum atomic E-state index is -0.812. The maximum Gasteiger partial charge on any atom is 0.412 e. The standard InChI is InChI=1S/C24H26N4O7/c1-3-33-21(34-4-2)15-27-22(18-10-12-19(13-11-18)28(31)32)25-14-20(23(27)29)26-24(30)35-16-17-8-6-5-7-9-17/h5-14,21H,3-4,15-16H2,1-2H3,(H,26,30). The number of amides is 1. The summed E-state index contributed by atoms with van der Waals surface area (Å²) in [6.07, 6.45) is -0.342. The van der Waals surface area contributed by atoms with E-state index in [4.69, 9.17) is 14.2 Å². The number of benzene rings is 2. The molecule has 0 spiro atoms. The van der Waals surface area contributed by atoms with Crippen LogP contribution in [-0.4, -0.2) is 40.1 Å². The molecule has 3 aromatic rings. The topological polar surface area (TPSA) is 135 Å².